The van der Waals surface area contributed by atoms with Gasteiger partial charge in [0.15, 0.2) is 5.11 Å². The standard InChI is InChI=1S/C28H28ClN3OS/c1-4-31(5-2)27(33)25-19(3)32(24-17-15-23(29)16-18-24)28(34)30-26(25)22-13-11-21(12-14-22)20-9-7-6-8-10-20/h6-18,26H,4-5H2,1-3H3,(H,30,34). The molecule has 4 rings (SSSR count). The van der Waals surface area contributed by atoms with E-state index in [0.717, 1.165) is 28.1 Å². The molecule has 1 aliphatic rings. The number of amides is 1. The third-order valence-electron chi connectivity index (χ3n) is 6.20. The van der Waals surface area contributed by atoms with E-state index in [-0.39, 0.29) is 11.9 Å². The number of carbonyl (C=O) groups is 1. The van der Waals surface area contributed by atoms with Crippen molar-refractivity contribution in [3.63, 3.8) is 0 Å². The number of nitrogens with one attached hydrogen (secondary N) is 1. The second kappa shape index (κ2) is 10.4. The molecule has 1 heterocycles. The van der Waals surface area contributed by atoms with Crippen LogP contribution in [0, 0.1) is 0 Å². The van der Waals surface area contributed by atoms with Crippen molar-refractivity contribution in [1.82, 2.24) is 10.2 Å². The highest BCUT2D eigenvalue weighted by Crippen LogP contribution is 2.35. The number of thiocarbonyl (C=S) groups is 1. The van der Waals surface area contributed by atoms with Gasteiger partial charge in [-0.1, -0.05) is 66.2 Å². The van der Waals surface area contributed by atoms with Crippen molar-refractivity contribution in [3.05, 3.63) is 101 Å². The van der Waals surface area contributed by atoms with Crippen LogP contribution in [0.2, 0.25) is 5.02 Å². The van der Waals surface area contributed by atoms with E-state index in [2.05, 4.69) is 41.7 Å². The van der Waals surface area contributed by atoms with Gasteiger partial charge in [-0.3, -0.25) is 9.69 Å². The van der Waals surface area contributed by atoms with Gasteiger partial charge in [0, 0.05) is 29.5 Å². The highest BCUT2D eigenvalue weighted by Gasteiger charge is 2.36. The molecule has 0 aromatic heterocycles. The highest BCUT2D eigenvalue weighted by atomic mass is 35.5. The normalized spacial score (nSPS) is 15.8. The Labute approximate surface area is 211 Å². The molecule has 3 aromatic carbocycles. The number of nitrogens with zero attached hydrogens (tertiary/aromatic N) is 2. The fraction of sp³-hybridized carbons (Fsp3) is 0.214. The molecular formula is C28H28ClN3OS. The second-order valence-electron chi connectivity index (χ2n) is 8.16. The Kier molecular flexibility index (Phi) is 7.35. The first-order chi connectivity index (χ1) is 16.4. The van der Waals surface area contributed by atoms with Gasteiger partial charge in [-0.25, -0.2) is 0 Å². The molecule has 0 radical (unpaired) electrons. The molecule has 0 bridgehead atoms. The molecular weight excluding hydrogens is 462 g/mol. The maximum atomic E-state index is 13.7. The molecule has 0 fully saturated rings. The number of carbonyl (C=O) groups excluding carboxylic acids is 1. The Morgan fingerprint density at radius 1 is 0.941 bits per heavy atom. The number of allylic oxidation sites excluding steroid dienone is 1. The Hall–Kier alpha value is -3.15. The van der Waals surface area contributed by atoms with Gasteiger partial charge in [0.2, 0.25) is 0 Å². The molecule has 174 valence electrons. The fourth-order valence-electron chi connectivity index (χ4n) is 4.35. The van der Waals surface area contributed by atoms with Crippen molar-refractivity contribution < 1.29 is 4.79 Å². The molecule has 1 amide bonds. The Morgan fingerprint density at radius 2 is 1.53 bits per heavy atom. The summed E-state index contributed by atoms with van der Waals surface area (Å²) in [6.45, 7) is 7.23. The van der Waals surface area contributed by atoms with E-state index in [0.29, 0.717) is 28.8 Å². The number of rotatable bonds is 6. The van der Waals surface area contributed by atoms with Crippen LogP contribution in [0.5, 0.6) is 0 Å². The average molecular weight is 490 g/mol. The predicted molar refractivity (Wildman–Crippen MR) is 145 cm³/mol. The van der Waals surface area contributed by atoms with Gasteiger partial charge in [0.25, 0.3) is 5.91 Å². The molecule has 6 heteroatoms. The van der Waals surface area contributed by atoms with Crippen molar-refractivity contribution in [2.75, 3.05) is 18.0 Å². The maximum absolute atomic E-state index is 13.7. The highest BCUT2D eigenvalue weighted by molar-refractivity contribution is 7.80. The minimum Gasteiger partial charge on any atom is -0.351 e. The van der Waals surface area contributed by atoms with Gasteiger partial charge in [0.1, 0.15) is 0 Å². The van der Waals surface area contributed by atoms with E-state index < -0.39 is 0 Å². The lowest BCUT2D eigenvalue weighted by molar-refractivity contribution is -0.127. The SMILES string of the molecule is CCN(CC)C(=O)C1=C(C)N(c2ccc(Cl)cc2)C(=S)NC1c1ccc(-c2ccccc2)cc1. The van der Waals surface area contributed by atoms with Gasteiger partial charge in [-0.15, -0.1) is 0 Å². The lowest BCUT2D eigenvalue weighted by atomic mass is 9.92. The van der Waals surface area contributed by atoms with Crippen LogP contribution < -0.4 is 10.2 Å². The molecule has 3 aromatic rings. The van der Waals surface area contributed by atoms with Crippen LogP contribution in [0.4, 0.5) is 5.69 Å². The van der Waals surface area contributed by atoms with Crippen LogP contribution in [-0.2, 0) is 4.79 Å². The summed E-state index contributed by atoms with van der Waals surface area (Å²) in [5.41, 5.74) is 5.65. The van der Waals surface area contributed by atoms with Gasteiger partial charge >= 0.3 is 0 Å². The minimum atomic E-state index is -0.339. The van der Waals surface area contributed by atoms with Crippen LogP contribution in [0.3, 0.4) is 0 Å². The van der Waals surface area contributed by atoms with Crippen LogP contribution in [0.15, 0.2) is 90.1 Å². The smallest absolute Gasteiger partial charge is 0.253 e. The van der Waals surface area contributed by atoms with E-state index in [1.807, 2.05) is 73.0 Å². The van der Waals surface area contributed by atoms with Gasteiger partial charge in [-0.2, -0.15) is 0 Å². The zero-order chi connectivity index (χ0) is 24.2. The van der Waals surface area contributed by atoms with Crippen LogP contribution in [-0.4, -0.2) is 29.0 Å². The summed E-state index contributed by atoms with van der Waals surface area (Å²) in [5.74, 6) is 0.00796. The van der Waals surface area contributed by atoms with E-state index >= 15 is 0 Å². The van der Waals surface area contributed by atoms with Crippen LogP contribution in [0.25, 0.3) is 11.1 Å². The van der Waals surface area contributed by atoms with Crippen LogP contribution in [0.1, 0.15) is 32.4 Å². The molecule has 4 nitrogen and oxygen atoms in total. The number of hydrogen-bond donors (Lipinski definition) is 1. The number of anilines is 1. The zero-order valence-corrected chi connectivity index (χ0v) is 21.2. The zero-order valence-electron chi connectivity index (χ0n) is 19.6. The molecule has 1 atom stereocenters. The topological polar surface area (TPSA) is 35.6 Å². The summed E-state index contributed by atoms with van der Waals surface area (Å²) in [4.78, 5) is 17.5. The molecule has 1 aliphatic heterocycles. The average Bonchev–Trinajstić information content (AvgIpc) is 2.86. The Morgan fingerprint density at radius 3 is 2.12 bits per heavy atom. The number of hydrogen-bond acceptors (Lipinski definition) is 2. The third-order valence-corrected chi connectivity index (χ3v) is 6.75. The second-order valence-corrected chi connectivity index (χ2v) is 8.98. The largest absolute Gasteiger partial charge is 0.351 e. The first-order valence-corrected chi connectivity index (χ1v) is 12.2. The molecule has 0 aliphatic carbocycles. The van der Waals surface area contributed by atoms with E-state index in [9.17, 15) is 4.79 Å². The summed E-state index contributed by atoms with van der Waals surface area (Å²) in [6.07, 6.45) is 0. The maximum Gasteiger partial charge on any atom is 0.253 e. The summed E-state index contributed by atoms with van der Waals surface area (Å²) in [6, 6.07) is 25.7. The van der Waals surface area contributed by atoms with Gasteiger partial charge in [0.05, 0.1) is 11.6 Å². The van der Waals surface area contributed by atoms with Gasteiger partial charge in [-0.05, 0) is 73.9 Å². The summed E-state index contributed by atoms with van der Waals surface area (Å²) < 4.78 is 0. The number of benzene rings is 3. The quantitative estimate of drug-likeness (QED) is 0.396. The first kappa shape index (κ1) is 24.0. The van der Waals surface area contributed by atoms with E-state index in [4.69, 9.17) is 23.8 Å². The molecule has 0 saturated carbocycles. The predicted octanol–water partition coefficient (Wildman–Crippen LogP) is 6.59. The lowest BCUT2D eigenvalue weighted by Gasteiger charge is -2.39. The third kappa shape index (κ3) is 4.72. The monoisotopic (exact) mass is 489 g/mol. The lowest BCUT2D eigenvalue weighted by Crippen LogP contribution is -2.50. The minimum absolute atomic E-state index is 0.00796. The van der Waals surface area contributed by atoms with E-state index in [1.165, 1.54) is 0 Å². The summed E-state index contributed by atoms with van der Waals surface area (Å²) in [5, 5.41) is 4.64. The number of likely N-dealkylation sites (N-methyl/N-ethyl adjacent to an activating group) is 1. The summed E-state index contributed by atoms with van der Waals surface area (Å²) >= 11 is 11.9. The van der Waals surface area contributed by atoms with Crippen molar-refractivity contribution in [1.29, 1.82) is 0 Å². The van der Waals surface area contributed by atoms with Crippen molar-refractivity contribution >= 4 is 40.5 Å². The number of halogens is 1. The van der Waals surface area contributed by atoms with Crippen molar-refractivity contribution in [2.24, 2.45) is 0 Å². The van der Waals surface area contributed by atoms with Crippen molar-refractivity contribution in [2.45, 2.75) is 26.8 Å². The van der Waals surface area contributed by atoms with Crippen molar-refractivity contribution in [3.8, 4) is 11.1 Å². The summed E-state index contributed by atoms with van der Waals surface area (Å²) in [7, 11) is 0. The fourth-order valence-corrected chi connectivity index (χ4v) is 4.84. The van der Waals surface area contributed by atoms with Crippen LogP contribution >= 0.6 is 23.8 Å². The first-order valence-electron chi connectivity index (χ1n) is 11.5. The van der Waals surface area contributed by atoms with E-state index in [1.54, 1.807) is 0 Å². The molecule has 0 saturated heterocycles. The van der Waals surface area contributed by atoms with Gasteiger partial charge < -0.3 is 10.2 Å². The molecule has 0 spiro atoms. The Balaban J connectivity index is 1.79. The molecule has 1 unspecified atom stereocenters. The Bertz CT molecular complexity index is 1200. The molecule has 34 heavy (non-hydrogen) atoms. The molecule has 1 N–H and O–H groups in total.